The van der Waals surface area contributed by atoms with Crippen LogP contribution in [0.25, 0.3) is 11.3 Å². The van der Waals surface area contributed by atoms with E-state index in [2.05, 4.69) is 16.5 Å². The minimum absolute atomic E-state index is 0.0381. The van der Waals surface area contributed by atoms with E-state index in [9.17, 15) is 4.39 Å². The quantitative estimate of drug-likeness (QED) is 0.645. The van der Waals surface area contributed by atoms with Crippen LogP contribution in [0, 0.1) is 17.1 Å². The van der Waals surface area contributed by atoms with Gasteiger partial charge in [-0.1, -0.05) is 18.2 Å². The number of rotatable bonds is 5. The largest absolute Gasteiger partial charge is 0.382 e. The summed E-state index contributed by atoms with van der Waals surface area (Å²) in [5.41, 5.74) is 12.2. The summed E-state index contributed by atoms with van der Waals surface area (Å²) in [4.78, 5) is 7.69. The molecule has 0 radical (unpaired) electrons. The van der Waals surface area contributed by atoms with Crippen LogP contribution >= 0.6 is 0 Å². The van der Waals surface area contributed by atoms with Crippen LogP contribution in [0.15, 0.2) is 30.9 Å². The summed E-state index contributed by atoms with van der Waals surface area (Å²) in [5, 5.41) is 9.14. The molecule has 4 N–H and O–H groups in total. The second-order valence-electron chi connectivity index (χ2n) is 4.41. The lowest BCUT2D eigenvalue weighted by Crippen LogP contribution is -2.05. The van der Waals surface area contributed by atoms with E-state index >= 15 is 0 Å². The number of nitrogens with zero attached hydrogens (tertiary/aromatic N) is 3. The maximum absolute atomic E-state index is 14.1. The normalized spacial score (nSPS) is 10.2. The van der Waals surface area contributed by atoms with Crippen molar-refractivity contribution in [1.29, 1.82) is 5.26 Å². The number of benzene rings is 1. The van der Waals surface area contributed by atoms with E-state index in [-0.39, 0.29) is 29.6 Å². The fourth-order valence-electron chi connectivity index (χ4n) is 1.88. The van der Waals surface area contributed by atoms with Crippen molar-refractivity contribution in [2.75, 3.05) is 18.1 Å². The second kappa shape index (κ2) is 6.65. The maximum Gasteiger partial charge on any atom is 0.222 e. The number of hydrogen-bond donors (Lipinski definition) is 2. The zero-order valence-electron chi connectivity index (χ0n) is 11.7. The first-order valence-electron chi connectivity index (χ1n) is 6.37. The van der Waals surface area contributed by atoms with Crippen molar-refractivity contribution in [3.8, 4) is 17.3 Å². The third kappa shape index (κ3) is 3.19. The van der Waals surface area contributed by atoms with Gasteiger partial charge < -0.3 is 16.2 Å². The van der Waals surface area contributed by atoms with Gasteiger partial charge >= 0.3 is 0 Å². The monoisotopic (exact) mass is 299 g/mol. The van der Waals surface area contributed by atoms with Crippen molar-refractivity contribution in [2.45, 2.75) is 6.61 Å². The fourth-order valence-corrected chi connectivity index (χ4v) is 1.88. The molecule has 0 atom stereocenters. The topological polar surface area (TPSA) is 111 Å². The van der Waals surface area contributed by atoms with Crippen LogP contribution in [-0.4, -0.2) is 16.6 Å². The van der Waals surface area contributed by atoms with Gasteiger partial charge in [0.05, 0.1) is 18.9 Å². The van der Waals surface area contributed by atoms with Crippen LogP contribution in [-0.2, 0) is 11.3 Å². The standard InChI is InChI=1S/C15H14FN5O/c1-2-5-22-8-10-4-3-9(6-12(10)16)13-11(7-17)14(18)21-15(19)20-13/h2-4,6H,1,5,8H2,(H4,18,19,20,21). The highest BCUT2D eigenvalue weighted by Crippen LogP contribution is 2.26. The molecule has 2 aromatic rings. The van der Waals surface area contributed by atoms with Crippen LogP contribution in [0.2, 0.25) is 0 Å². The molecule has 2 rings (SSSR count). The molecule has 1 heterocycles. The average Bonchev–Trinajstić information content (AvgIpc) is 2.48. The van der Waals surface area contributed by atoms with Crippen LogP contribution in [0.3, 0.4) is 0 Å². The molecular weight excluding hydrogens is 285 g/mol. The van der Waals surface area contributed by atoms with Gasteiger partial charge in [0.25, 0.3) is 0 Å². The van der Waals surface area contributed by atoms with E-state index in [1.165, 1.54) is 6.07 Å². The number of anilines is 2. The van der Waals surface area contributed by atoms with Gasteiger partial charge in [0.15, 0.2) is 0 Å². The lowest BCUT2D eigenvalue weighted by molar-refractivity contribution is 0.146. The summed E-state index contributed by atoms with van der Waals surface area (Å²) in [6.45, 7) is 3.97. The molecule has 22 heavy (non-hydrogen) atoms. The van der Waals surface area contributed by atoms with Crippen molar-refractivity contribution in [3.63, 3.8) is 0 Å². The van der Waals surface area contributed by atoms with Gasteiger partial charge in [0, 0.05) is 11.1 Å². The van der Waals surface area contributed by atoms with E-state index in [1.54, 1.807) is 18.2 Å². The Hall–Kier alpha value is -2.98. The third-order valence-electron chi connectivity index (χ3n) is 2.89. The Morgan fingerprint density at radius 3 is 2.77 bits per heavy atom. The Kier molecular flexibility index (Phi) is 4.66. The van der Waals surface area contributed by atoms with Gasteiger partial charge in [0.2, 0.25) is 5.95 Å². The first-order chi connectivity index (χ1) is 10.6. The molecule has 1 aromatic heterocycles. The van der Waals surface area contributed by atoms with Crippen molar-refractivity contribution in [1.82, 2.24) is 9.97 Å². The number of aromatic nitrogens is 2. The third-order valence-corrected chi connectivity index (χ3v) is 2.89. The Morgan fingerprint density at radius 2 is 2.14 bits per heavy atom. The lowest BCUT2D eigenvalue weighted by atomic mass is 10.0. The number of halogens is 1. The molecule has 0 amide bonds. The molecule has 0 saturated heterocycles. The van der Waals surface area contributed by atoms with Crippen molar-refractivity contribution < 1.29 is 9.13 Å². The Balaban J connectivity index is 2.41. The molecule has 7 heteroatoms. The number of nitriles is 1. The second-order valence-corrected chi connectivity index (χ2v) is 4.41. The lowest BCUT2D eigenvalue weighted by Gasteiger charge is -2.09. The molecule has 0 bridgehead atoms. The summed E-state index contributed by atoms with van der Waals surface area (Å²) in [6.07, 6.45) is 1.58. The summed E-state index contributed by atoms with van der Waals surface area (Å²) in [5.74, 6) is -0.588. The highest BCUT2D eigenvalue weighted by molar-refractivity contribution is 5.73. The molecular formula is C15H14FN5O. The van der Waals surface area contributed by atoms with Crippen molar-refractivity contribution >= 4 is 11.8 Å². The maximum atomic E-state index is 14.1. The number of nitrogen functional groups attached to an aromatic ring is 2. The fraction of sp³-hybridized carbons (Fsp3) is 0.133. The van der Waals surface area contributed by atoms with Crippen LogP contribution in [0.1, 0.15) is 11.1 Å². The smallest absolute Gasteiger partial charge is 0.222 e. The first kappa shape index (κ1) is 15.4. The number of nitrogens with two attached hydrogens (primary N) is 2. The van der Waals surface area contributed by atoms with Gasteiger partial charge in [-0.3, -0.25) is 0 Å². The molecule has 0 aliphatic rings. The molecule has 0 unspecified atom stereocenters. The summed E-state index contributed by atoms with van der Waals surface area (Å²) in [6, 6.07) is 6.34. The summed E-state index contributed by atoms with van der Waals surface area (Å²) >= 11 is 0. The Bertz CT molecular complexity index is 754. The van der Waals surface area contributed by atoms with E-state index in [4.69, 9.17) is 21.5 Å². The van der Waals surface area contributed by atoms with Gasteiger partial charge in [0.1, 0.15) is 23.3 Å². The van der Waals surface area contributed by atoms with Crippen LogP contribution in [0.5, 0.6) is 0 Å². The van der Waals surface area contributed by atoms with Gasteiger partial charge in [-0.2, -0.15) is 10.2 Å². The number of hydrogen-bond acceptors (Lipinski definition) is 6. The summed E-state index contributed by atoms with van der Waals surface area (Å²) < 4.78 is 19.3. The summed E-state index contributed by atoms with van der Waals surface area (Å²) in [7, 11) is 0. The zero-order chi connectivity index (χ0) is 16.1. The molecule has 0 saturated carbocycles. The van der Waals surface area contributed by atoms with Crippen LogP contribution < -0.4 is 11.5 Å². The predicted molar refractivity (Wildman–Crippen MR) is 80.8 cm³/mol. The molecule has 1 aromatic carbocycles. The van der Waals surface area contributed by atoms with E-state index in [0.29, 0.717) is 17.7 Å². The van der Waals surface area contributed by atoms with E-state index in [0.717, 1.165) is 0 Å². The SMILES string of the molecule is C=CCOCc1ccc(-c2nc(N)nc(N)c2C#N)cc1F. The molecule has 0 aliphatic heterocycles. The highest BCUT2D eigenvalue weighted by atomic mass is 19.1. The predicted octanol–water partition coefficient (Wildman–Crippen LogP) is 2.02. The van der Waals surface area contributed by atoms with Gasteiger partial charge in [-0.05, 0) is 6.07 Å². The molecule has 112 valence electrons. The van der Waals surface area contributed by atoms with E-state index < -0.39 is 5.82 Å². The molecule has 0 spiro atoms. The minimum Gasteiger partial charge on any atom is -0.382 e. The van der Waals surface area contributed by atoms with E-state index in [1.807, 2.05) is 6.07 Å². The minimum atomic E-state index is -0.471. The average molecular weight is 299 g/mol. The van der Waals surface area contributed by atoms with Crippen molar-refractivity contribution in [2.24, 2.45) is 0 Å². The van der Waals surface area contributed by atoms with Gasteiger partial charge in [-0.25, -0.2) is 9.37 Å². The van der Waals surface area contributed by atoms with Gasteiger partial charge in [-0.15, -0.1) is 6.58 Å². The zero-order valence-corrected chi connectivity index (χ0v) is 11.7. The number of ether oxygens (including phenoxy) is 1. The Morgan fingerprint density at radius 1 is 1.36 bits per heavy atom. The van der Waals surface area contributed by atoms with Crippen LogP contribution in [0.4, 0.5) is 16.2 Å². The highest BCUT2D eigenvalue weighted by Gasteiger charge is 2.14. The Labute approximate surface area is 126 Å². The molecule has 0 fully saturated rings. The van der Waals surface area contributed by atoms with Crippen molar-refractivity contribution in [3.05, 3.63) is 47.8 Å². The molecule has 6 nitrogen and oxygen atoms in total. The first-order valence-corrected chi connectivity index (χ1v) is 6.37. The molecule has 0 aliphatic carbocycles.